The second kappa shape index (κ2) is 11.5. The van der Waals surface area contributed by atoms with E-state index in [0.717, 1.165) is 52.2 Å². The number of nitrogens with zero attached hydrogens (tertiary/aromatic N) is 2. The van der Waals surface area contributed by atoms with E-state index in [9.17, 15) is 9.59 Å². The molecule has 0 aromatic heterocycles. The Morgan fingerprint density at radius 1 is 0.897 bits per heavy atom. The second-order valence-electron chi connectivity index (χ2n) is 10.1. The van der Waals surface area contributed by atoms with Crippen molar-refractivity contribution < 1.29 is 9.59 Å². The van der Waals surface area contributed by atoms with Crippen LogP contribution < -0.4 is 5.32 Å². The van der Waals surface area contributed by atoms with Crippen LogP contribution in [0.25, 0.3) is 21.5 Å². The number of amides is 2. The van der Waals surface area contributed by atoms with Crippen molar-refractivity contribution in [1.29, 1.82) is 0 Å². The predicted molar refractivity (Wildman–Crippen MR) is 162 cm³/mol. The zero-order valence-electron chi connectivity index (χ0n) is 21.8. The minimum Gasteiger partial charge on any atom is -0.325 e. The molecule has 0 radical (unpaired) electrons. The number of fused-ring (bicyclic) bond motifs is 2. The maximum absolute atomic E-state index is 13.7. The predicted octanol–water partition coefficient (Wildman–Crippen LogP) is 7.84. The maximum Gasteiger partial charge on any atom is 0.242 e. The third-order valence-electron chi connectivity index (χ3n) is 7.48. The standard InChI is InChI=1S/C33H31N3O2S/c37-31(34-28-18-8-14-24-12-4-6-16-26(24)28)22-30-32(38)36(21-20-23-10-2-1-3-11-23)33(39-30)35-29-19-9-15-25-13-5-7-17-27(25)29/h4-10,12-19,30H,1-3,11,20-22H2,(H,34,37). The number of hydrogen-bond donors (Lipinski definition) is 1. The molecule has 0 saturated carbocycles. The van der Waals surface area contributed by atoms with Crippen LogP contribution in [0.3, 0.4) is 0 Å². The van der Waals surface area contributed by atoms with Gasteiger partial charge < -0.3 is 5.32 Å². The summed E-state index contributed by atoms with van der Waals surface area (Å²) >= 11 is 1.41. The van der Waals surface area contributed by atoms with E-state index in [4.69, 9.17) is 4.99 Å². The van der Waals surface area contributed by atoms with Crippen molar-refractivity contribution in [3.63, 3.8) is 0 Å². The molecule has 4 aromatic rings. The van der Waals surface area contributed by atoms with Gasteiger partial charge in [0.2, 0.25) is 11.8 Å². The maximum atomic E-state index is 13.7. The lowest BCUT2D eigenvalue weighted by Crippen LogP contribution is -2.34. The smallest absolute Gasteiger partial charge is 0.242 e. The highest BCUT2D eigenvalue weighted by atomic mass is 32.2. The fourth-order valence-electron chi connectivity index (χ4n) is 5.43. The van der Waals surface area contributed by atoms with E-state index in [1.807, 2.05) is 66.7 Å². The molecule has 6 heteroatoms. The van der Waals surface area contributed by atoms with E-state index in [2.05, 4.69) is 29.6 Å². The summed E-state index contributed by atoms with van der Waals surface area (Å²) in [6, 6.07) is 28.0. The number of aliphatic imine (C=N–C) groups is 1. The van der Waals surface area contributed by atoms with Crippen molar-refractivity contribution in [3.8, 4) is 0 Å². The fraction of sp³-hybridized carbons (Fsp3) is 0.242. The van der Waals surface area contributed by atoms with Gasteiger partial charge in [0.05, 0.1) is 5.69 Å². The monoisotopic (exact) mass is 533 g/mol. The van der Waals surface area contributed by atoms with E-state index >= 15 is 0 Å². The number of carbonyl (C=O) groups is 2. The fourth-order valence-corrected chi connectivity index (χ4v) is 6.61. The van der Waals surface area contributed by atoms with Crippen LogP contribution in [0.1, 0.15) is 38.5 Å². The highest BCUT2D eigenvalue weighted by molar-refractivity contribution is 8.15. The van der Waals surface area contributed by atoms with Crippen molar-refractivity contribution in [2.24, 2.45) is 4.99 Å². The molecule has 1 aliphatic carbocycles. The number of benzene rings is 4. The number of rotatable bonds is 7. The third kappa shape index (κ3) is 5.62. The average Bonchev–Trinajstić information content (AvgIpc) is 3.25. The molecule has 0 spiro atoms. The van der Waals surface area contributed by atoms with Crippen molar-refractivity contribution in [3.05, 3.63) is 96.6 Å². The van der Waals surface area contributed by atoms with Crippen LogP contribution in [0, 0.1) is 0 Å². The van der Waals surface area contributed by atoms with Gasteiger partial charge in [-0.25, -0.2) is 4.99 Å². The first-order chi connectivity index (χ1) is 19.2. The molecular formula is C33H31N3O2S. The van der Waals surface area contributed by atoms with Gasteiger partial charge in [-0.1, -0.05) is 96.2 Å². The van der Waals surface area contributed by atoms with Crippen LogP contribution in [0.2, 0.25) is 0 Å². The summed E-state index contributed by atoms with van der Waals surface area (Å²) in [5.41, 5.74) is 3.02. The van der Waals surface area contributed by atoms with E-state index in [1.165, 1.54) is 30.2 Å². The number of allylic oxidation sites excluding steroid dienone is 1. The lowest BCUT2D eigenvalue weighted by molar-refractivity contribution is -0.128. The minimum absolute atomic E-state index is 0.0385. The minimum atomic E-state index is -0.506. The summed E-state index contributed by atoms with van der Waals surface area (Å²) in [5.74, 6) is -0.206. The summed E-state index contributed by atoms with van der Waals surface area (Å²) in [6.45, 7) is 0.586. The lowest BCUT2D eigenvalue weighted by atomic mass is 9.97. The third-order valence-corrected chi connectivity index (χ3v) is 8.65. The van der Waals surface area contributed by atoms with Gasteiger partial charge in [0.1, 0.15) is 5.25 Å². The van der Waals surface area contributed by atoms with Gasteiger partial charge in [-0.15, -0.1) is 0 Å². The number of hydrogen-bond acceptors (Lipinski definition) is 4. The quantitative estimate of drug-likeness (QED) is 0.246. The summed E-state index contributed by atoms with van der Waals surface area (Å²) < 4.78 is 0. The Morgan fingerprint density at radius 2 is 1.62 bits per heavy atom. The van der Waals surface area contributed by atoms with Gasteiger partial charge in [0.25, 0.3) is 0 Å². The molecule has 2 aliphatic rings. The first-order valence-corrected chi connectivity index (χ1v) is 14.5. The lowest BCUT2D eigenvalue weighted by Gasteiger charge is -2.19. The Bertz CT molecular complexity index is 1600. The number of carbonyl (C=O) groups excluding carboxylic acids is 2. The Kier molecular flexibility index (Phi) is 7.46. The van der Waals surface area contributed by atoms with E-state index in [-0.39, 0.29) is 18.2 Å². The first-order valence-electron chi connectivity index (χ1n) is 13.7. The molecule has 1 saturated heterocycles. The molecule has 39 heavy (non-hydrogen) atoms. The van der Waals surface area contributed by atoms with Gasteiger partial charge in [-0.3, -0.25) is 14.5 Å². The molecule has 196 valence electrons. The summed E-state index contributed by atoms with van der Waals surface area (Å²) in [5, 5.41) is 7.43. The van der Waals surface area contributed by atoms with Crippen LogP contribution in [-0.4, -0.2) is 33.7 Å². The molecule has 5 nitrogen and oxygen atoms in total. The van der Waals surface area contributed by atoms with Gasteiger partial charge in [0, 0.05) is 29.4 Å². The van der Waals surface area contributed by atoms with Crippen LogP contribution in [0.4, 0.5) is 11.4 Å². The number of nitrogens with one attached hydrogen (secondary N) is 1. The highest BCUT2D eigenvalue weighted by Gasteiger charge is 2.39. The molecule has 1 aliphatic heterocycles. The van der Waals surface area contributed by atoms with Gasteiger partial charge >= 0.3 is 0 Å². The first kappa shape index (κ1) is 25.4. The Hall–Kier alpha value is -3.90. The zero-order valence-corrected chi connectivity index (χ0v) is 22.6. The molecule has 1 N–H and O–H groups in total. The van der Waals surface area contributed by atoms with Crippen molar-refractivity contribution in [2.45, 2.75) is 43.8 Å². The van der Waals surface area contributed by atoms with Crippen LogP contribution in [-0.2, 0) is 9.59 Å². The van der Waals surface area contributed by atoms with Crippen molar-refractivity contribution >= 4 is 61.7 Å². The molecule has 1 heterocycles. The Labute approximate surface area is 233 Å². The van der Waals surface area contributed by atoms with Gasteiger partial charge in [-0.05, 0) is 55.0 Å². The summed E-state index contributed by atoms with van der Waals surface area (Å²) in [7, 11) is 0. The van der Waals surface area contributed by atoms with Crippen molar-refractivity contribution in [1.82, 2.24) is 4.90 Å². The summed E-state index contributed by atoms with van der Waals surface area (Å²) in [4.78, 5) is 33.6. The normalized spacial score (nSPS) is 18.6. The molecule has 1 fully saturated rings. The number of amidine groups is 1. The Morgan fingerprint density at radius 3 is 2.41 bits per heavy atom. The summed E-state index contributed by atoms with van der Waals surface area (Å²) in [6.07, 6.45) is 7.93. The average molecular weight is 534 g/mol. The SMILES string of the molecule is O=C(CC1SC(=Nc2cccc3ccccc23)N(CCC2=CCCCC2)C1=O)Nc1cccc2ccccc12. The topological polar surface area (TPSA) is 61.8 Å². The largest absolute Gasteiger partial charge is 0.325 e. The molecule has 6 rings (SSSR count). The second-order valence-corrected chi connectivity index (χ2v) is 11.3. The number of anilines is 1. The van der Waals surface area contributed by atoms with E-state index in [1.54, 1.807) is 4.90 Å². The molecule has 4 aromatic carbocycles. The highest BCUT2D eigenvalue weighted by Crippen LogP contribution is 2.35. The van der Waals surface area contributed by atoms with Crippen LogP contribution in [0.5, 0.6) is 0 Å². The van der Waals surface area contributed by atoms with E-state index < -0.39 is 5.25 Å². The van der Waals surface area contributed by atoms with Crippen LogP contribution >= 0.6 is 11.8 Å². The van der Waals surface area contributed by atoms with Gasteiger partial charge in [-0.2, -0.15) is 0 Å². The molecular weight excluding hydrogens is 502 g/mol. The molecule has 1 atom stereocenters. The van der Waals surface area contributed by atoms with Crippen LogP contribution in [0.15, 0.2) is 102 Å². The van der Waals surface area contributed by atoms with Gasteiger partial charge in [0.15, 0.2) is 5.17 Å². The molecule has 2 amide bonds. The molecule has 0 bridgehead atoms. The van der Waals surface area contributed by atoms with Crippen molar-refractivity contribution in [2.75, 3.05) is 11.9 Å². The molecule has 1 unspecified atom stereocenters. The zero-order chi connectivity index (χ0) is 26.6. The Balaban J connectivity index is 1.25. The number of thioether (sulfide) groups is 1. The van der Waals surface area contributed by atoms with E-state index in [0.29, 0.717) is 11.7 Å².